The molecule has 5 heteroatoms. The quantitative estimate of drug-likeness (QED) is 0.365. The normalized spacial score (nSPS) is 13.1. The molecule has 0 aliphatic heterocycles. The average molecular weight is 384 g/mol. The van der Waals surface area contributed by atoms with Crippen molar-refractivity contribution in [1.82, 2.24) is 15.5 Å². The molecule has 1 unspecified atom stereocenters. The summed E-state index contributed by atoms with van der Waals surface area (Å²) in [6, 6.07) is 0.473. The van der Waals surface area contributed by atoms with Crippen LogP contribution in [0, 0.1) is 0 Å². The summed E-state index contributed by atoms with van der Waals surface area (Å²) < 4.78 is 0. The molecule has 0 aliphatic rings. The van der Waals surface area contributed by atoms with Crippen molar-refractivity contribution in [1.29, 1.82) is 0 Å². The maximum absolute atomic E-state index is 4.60. The van der Waals surface area contributed by atoms with Gasteiger partial charge in [0.05, 0.1) is 6.54 Å². The van der Waals surface area contributed by atoms with Crippen molar-refractivity contribution in [3.63, 3.8) is 0 Å². The van der Waals surface area contributed by atoms with Crippen molar-refractivity contribution in [2.45, 2.75) is 53.0 Å². The molecular formula is C14H33IN4. The number of nitrogens with one attached hydrogen (secondary N) is 2. The minimum atomic E-state index is 0. The second-order valence-corrected chi connectivity index (χ2v) is 4.87. The van der Waals surface area contributed by atoms with Crippen LogP contribution in [0.4, 0.5) is 0 Å². The number of halogens is 1. The van der Waals surface area contributed by atoms with Gasteiger partial charge in [0, 0.05) is 19.1 Å². The van der Waals surface area contributed by atoms with Gasteiger partial charge in [-0.3, -0.25) is 4.99 Å². The monoisotopic (exact) mass is 384 g/mol. The van der Waals surface area contributed by atoms with Crippen molar-refractivity contribution < 1.29 is 0 Å². The maximum atomic E-state index is 4.60. The second kappa shape index (κ2) is 14.4. The highest BCUT2D eigenvalue weighted by Gasteiger charge is 2.02. The SMILES string of the molecule is CCCCN(C)CCN=C(NCC)NC(C)CC.I. The van der Waals surface area contributed by atoms with Crippen LogP contribution in [0.25, 0.3) is 0 Å². The van der Waals surface area contributed by atoms with Crippen molar-refractivity contribution in [3.8, 4) is 0 Å². The van der Waals surface area contributed by atoms with Crippen molar-refractivity contribution in [2.75, 3.05) is 33.2 Å². The molecule has 116 valence electrons. The maximum Gasteiger partial charge on any atom is 0.191 e. The Morgan fingerprint density at radius 2 is 1.89 bits per heavy atom. The minimum absolute atomic E-state index is 0. The Morgan fingerprint density at radius 1 is 1.21 bits per heavy atom. The first kappa shape index (κ1) is 21.3. The summed E-state index contributed by atoms with van der Waals surface area (Å²) in [5, 5.41) is 6.69. The summed E-state index contributed by atoms with van der Waals surface area (Å²) in [6.45, 7) is 12.6. The van der Waals surface area contributed by atoms with Gasteiger partial charge in [-0.1, -0.05) is 20.3 Å². The molecule has 0 heterocycles. The van der Waals surface area contributed by atoms with E-state index in [-0.39, 0.29) is 24.0 Å². The molecule has 0 fully saturated rings. The van der Waals surface area contributed by atoms with Gasteiger partial charge in [0.1, 0.15) is 0 Å². The predicted molar refractivity (Wildman–Crippen MR) is 96.7 cm³/mol. The van der Waals surface area contributed by atoms with Gasteiger partial charge < -0.3 is 15.5 Å². The number of nitrogens with zero attached hydrogens (tertiary/aromatic N) is 2. The smallest absolute Gasteiger partial charge is 0.191 e. The van der Waals surface area contributed by atoms with Crippen LogP contribution in [0.15, 0.2) is 4.99 Å². The molecule has 4 nitrogen and oxygen atoms in total. The van der Waals surface area contributed by atoms with E-state index in [0.29, 0.717) is 6.04 Å². The Balaban J connectivity index is 0. The van der Waals surface area contributed by atoms with E-state index in [0.717, 1.165) is 32.0 Å². The number of guanidine groups is 1. The summed E-state index contributed by atoms with van der Waals surface area (Å²) in [7, 11) is 2.17. The Labute approximate surface area is 136 Å². The minimum Gasteiger partial charge on any atom is -0.357 e. The molecule has 1 atom stereocenters. The van der Waals surface area contributed by atoms with Crippen LogP contribution in [0.1, 0.15) is 47.0 Å². The lowest BCUT2D eigenvalue weighted by molar-refractivity contribution is 0.337. The van der Waals surface area contributed by atoms with Crippen LogP contribution in [-0.2, 0) is 0 Å². The van der Waals surface area contributed by atoms with E-state index in [4.69, 9.17) is 0 Å². The van der Waals surface area contributed by atoms with Gasteiger partial charge in [0.2, 0.25) is 0 Å². The number of hydrogen-bond donors (Lipinski definition) is 2. The largest absolute Gasteiger partial charge is 0.357 e. The van der Waals surface area contributed by atoms with Gasteiger partial charge in [-0.2, -0.15) is 0 Å². The summed E-state index contributed by atoms with van der Waals surface area (Å²) in [6.07, 6.45) is 3.64. The van der Waals surface area contributed by atoms with Gasteiger partial charge in [-0.25, -0.2) is 0 Å². The lowest BCUT2D eigenvalue weighted by atomic mass is 10.3. The topological polar surface area (TPSA) is 39.7 Å². The van der Waals surface area contributed by atoms with Crippen LogP contribution in [0.2, 0.25) is 0 Å². The fraction of sp³-hybridized carbons (Fsp3) is 0.929. The third-order valence-electron chi connectivity index (χ3n) is 2.98. The zero-order chi connectivity index (χ0) is 13.8. The summed E-state index contributed by atoms with van der Waals surface area (Å²) >= 11 is 0. The molecule has 0 aromatic carbocycles. The molecule has 0 aromatic rings. The first-order chi connectivity index (χ1) is 8.63. The van der Waals surface area contributed by atoms with Crippen LogP contribution < -0.4 is 10.6 Å². The Morgan fingerprint density at radius 3 is 2.42 bits per heavy atom. The third-order valence-corrected chi connectivity index (χ3v) is 2.98. The van der Waals surface area contributed by atoms with E-state index in [2.05, 4.69) is 55.3 Å². The predicted octanol–water partition coefficient (Wildman–Crippen LogP) is 2.69. The van der Waals surface area contributed by atoms with Crippen LogP contribution in [0.3, 0.4) is 0 Å². The van der Waals surface area contributed by atoms with Crippen LogP contribution >= 0.6 is 24.0 Å². The van der Waals surface area contributed by atoms with Gasteiger partial charge in [0.15, 0.2) is 5.96 Å². The van der Waals surface area contributed by atoms with Crippen LogP contribution in [-0.4, -0.2) is 50.1 Å². The second-order valence-electron chi connectivity index (χ2n) is 4.87. The first-order valence-electron chi connectivity index (χ1n) is 7.37. The van der Waals surface area contributed by atoms with Crippen molar-refractivity contribution in [3.05, 3.63) is 0 Å². The highest BCUT2D eigenvalue weighted by Crippen LogP contribution is 1.92. The third kappa shape index (κ3) is 12.7. The van der Waals surface area contributed by atoms with E-state index in [1.807, 2.05) is 0 Å². The number of unbranched alkanes of at least 4 members (excludes halogenated alkanes) is 1. The van der Waals surface area contributed by atoms with Crippen molar-refractivity contribution in [2.24, 2.45) is 4.99 Å². The molecule has 0 spiro atoms. The van der Waals surface area contributed by atoms with E-state index in [1.54, 1.807) is 0 Å². The standard InChI is InChI=1S/C14H32N4.HI/c1-6-9-11-18(5)12-10-16-14(15-8-3)17-13(4)7-2;/h13H,6-12H2,1-5H3,(H2,15,16,17);1H. The molecule has 0 aromatic heterocycles. The first-order valence-corrected chi connectivity index (χ1v) is 7.37. The number of rotatable bonds is 9. The Bertz CT molecular complexity index is 221. The van der Waals surface area contributed by atoms with Gasteiger partial charge >= 0.3 is 0 Å². The zero-order valence-electron chi connectivity index (χ0n) is 13.3. The fourth-order valence-electron chi connectivity index (χ4n) is 1.53. The lowest BCUT2D eigenvalue weighted by Crippen LogP contribution is -2.42. The lowest BCUT2D eigenvalue weighted by Gasteiger charge is -2.18. The summed E-state index contributed by atoms with van der Waals surface area (Å²) in [4.78, 5) is 6.95. The van der Waals surface area contributed by atoms with Gasteiger partial charge in [-0.15, -0.1) is 24.0 Å². The van der Waals surface area contributed by atoms with E-state index in [1.165, 1.54) is 19.4 Å². The number of hydrogen-bond acceptors (Lipinski definition) is 2. The zero-order valence-corrected chi connectivity index (χ0v) is 15.7. The van der Waals surface area contributed by atoms with E-state index >= 15 is 0 Å². The molecule has 2 N–H and O–H groups in total. The highest BCUT2D eigenvalue weighted by atomic mass is 127. The number of likely N-dealkylation sites (N-methyl/N-ethyl adjacent to an activating group) is 1. The average Bonchev–Trinajstić information content (AvgIpc) is 2.36. The molecular weight excluding hydrogens is 351 g/mol. The van der Waals surface area contributed by atoms with E-state index < -0.39 is 0 Å². The molecule has 0 rings (SSSR count). The Kier molecular flexibility index (Phi) is 16.1. The van der Waals surface area contributed by atoms with Crippen LogP contribution in [0.5, 0.6) is 0 Å². The van der Waals surface area contributed by atoms with E-state index in [9.17, 15) is 0 Å². The highest BCUT2D eigenvalue weighted by molar-refractivity contribution is 14.0. The molecule has 0 radical (unpaired) electrons. The van der Waals surface area contributed by atoms with Crippen molar-refractivity contribution >= 4 is 29.9 Å². The summed E-state index contributed by atoms with van der Waals surface area (Å²) in [5.74, 6) is 0.941. The molecule has 19 heavy (non-hydrogen) atoms. The molecule has 0 aliphatic carbocycles. The molecule has 0 saturated carbocycles. The van der Waals surface area contributed by atoms with Gasteiger partial charge in [0.25, 0.3) is 0 Å². The Hall–Kier alpha value is -0.0400. The number of aliphatic imine (C=N–C) groups is 1. The fourth-order valence-corrected chi connectivity index (χ4v) is 1.53. The molecule has 0 bridgehead atoms. The molecule has 0 saturated heterocycles. The summed E-state index contributed by atoms with van der Waals surface area (Å²) in [5.41, 5.74) is 0. The van der Waals surface area contributed by atoms with Gasteiger partial charge in [-0.05, 0) is 40.3 Å². The molecule has 0 amide bonds.